The maximum Gasteiger partial charge on any atom is 0.340 e. The number of rotatable bonds is 4. The summed E-state index contributed by atoms with van der Waals surface area (Å²) in [4.78, 5) is 29.5. The van der Waals surface area contributed by atoms with Crippen LogP contribution in [-0.4, -0.2) is 29.2 Å². The number of nitrogens with two attached hydrogens (primary N) is 1. The van der Waals surface area contributed by atoms with Gasteiger partial charge in [-0.25, -0.2) is 9.18 Å². The zero-order valence-corrected chi connectivity index (χ0v) is 19.7. The van der Waals surface area contributed by atoms with Gasteiger partial charge in [-0.1, -0.05) is 60.7 Å². The molecule has 0 radical (unpaired) electrons. The molecule has 9 heteroatoms. The molecule has 1 amide bonds. The van der Waals surface area contributed by atoms with E-state index < -0.39 is 23.1 Å². The van der Waals surface area contributed by atoms with Crippen LogP contribution >= 0.6 is 0 Å². The van der Waals surface area contributed by atoms with Crippen molar-refractivity contribution in [3.05, 3.63) is 113 Å². The second kappa shape index (κ2) is 8.34. The molecule has 3 heterocycles. The lowest BCUT2D eigenvalue weighted by atomic mass is 9.68. The number of aromatic nitrogens is 2. The van der Waals surface area contributed by atoms with Crippen LogP contribution in [0.1, 0.15) is 16.7 Å². The first-order valence-electron chi connectivity index (χ1n) is 11.5. The highest BCUT2D eigenvalue weighted by atomic mass is 19.1. The van der Waals surface area contributed by atoms with Gasteiger partial charge in [-0.15, -0.1) is 5.10 Å². The van der Waals surface area contributed by atoms with E-state index in [1.807, 2.05) is 30.3 Å². The highest BCUT2D eigenvalue weighted by Crippen LogP contribution is 2.57. The van der Waals surface area contributed by atoms with Gasteiger partial charge < -0.3 is 20.1 Å². The van der Waals surface area contributed by atoms with Crippen LogP contribution in [0.15, 0.2) is 90.3 Å². The number of aromatic amines is 1. The van der Waals surface area contributed by atoms with Crippen LogP contribution < -0.4 is 15.4 Å². The Kier molecular flexibility index (Phi) is 5.08. The number of nitrogens with zero attached hydrogens (tertiary/aromatic N) is 2. The molecule has 0 saturated heterocycles. The summed E-state index contributed by atoms with van der Waals surface area (Å²) in [6.07, 6.45) is 0. The van der Waals surface area contributed by atoms with Gasteiger partial charge in [-0.05, 0) is 23.8 Å². The van der Waals surface area contributed by atoms with Crippen molar-refractivity contribution in [2.45, 2.75) is 12.0 Å². The van der Waals surface area contributed by atoms with Crippen molar-refractivity contribution >= 4 is 17.6 Å². The number of ether oxygens (including phenoxy) is 2. The van der Waals surface area contributed by atoms with E-state index in [2.05, 4.69) is 10.2 Å². The fraction of sp³-hybridized carbons (Fsp3) is 0.107. The largest absolute Gasteiger partial charge is 0.465 e. The summed E-state index contributed by atoms with van der Waals surface area (Å²) in [5.74, 6) is -1.87. The van der Waals surface area contributed by atoms with Crippen LogP contribution in [0, 0.1) is 5.82 Å². The quantitative estimate of drug-likeness (QED) is 0.416. The molecule has 1 atom stereocenters. The summed E-state index contributed by atoms with van der Waals surface area (Å²) in [5.41, 5.74) is 7.68. The van der Waals surface area contributed by atoms with Crippen molar-refractivity contribution in [3.63, 3.8) is 0 Å². The molecule has 1 aromatic heterocycles. The number of fused-ring (bicyclic) bond motifs is 4. The molecule has 0 saturated carbocycles. The third-order valence-corrected chi connectivity index (χ3v) is 6.78. The summed E-state index contributed by atoms with van der Waals surface area (Å²) < 4.78 is 24.9. The Morgan fingerprint density at radius 3 is 2.62 bits per heavy atom. The lowest BCUT2D eigenvalue weighted by Crippen LogP contribution is -2.48. The van der Waals surface area contributed by atoms with Crippen molar-refractivity contribution in [1.82, 2.24) is 10.2 Å². The van der Waals surface area contributed by atoms with Gasteiger partial charge in [0.05, 0.1) is 24.9 Å². The molecular formula is C28H21FN4O4. The summed E-state index contributed by atoms with van der Waals surface area (Å²) in [7, 11) is 1.22. The number of amides is 1. The second-order valence-corrected chi connectivity index (χ2v) is 8.77. The number of nitrogens with one attached hydrogen (secondary N) is 1. The fourth-order valence-electron chi connectivity index (χ4n) is 5.29. The maximum atomic E-state index is 14.7. The standard InChI is InChI=1S/C28H21FN4O4/c1-36-26(34)22-24(30)37-25-21(23(31-32-25)17-9-3-2-4-10-17)28(22)19-12-5-6-13-20(19)33(27(28)35)15-16-8-7-11-18(29)14-16/h2-14H,15,30H2,1H3,(H,31,32)/t28-/m0/s1. The van der Waals surface area contributed by atoms with Crippen molar-refractivity contribution in [1.29, 1.82) is 0 Å². The SMILES string of the molecule is COC(=O)C1=C(N)Oc2n[nH]c(-c3ccccc3)c2[C@]12C(=O)N(Cc1cccc(F)c1)c1ccccc12. The fourth-order valence-corrected chi connectivity index (χ4v) is 5.29. The first-order valence-corrected chi connectivity index (χ1v) is 11.5. The van der Waals surface area contributed by atoms with E-state index in [9.17, 15) is 14.0 Å². The Morgan fingerprint density at radius 2 is 1.86 bits per heavy atom. The minimum atomic E-state index is -1.72. The molecular weight excluding hydrogens is 475 g/mol. The van der Waals surface area contributed by atoms with Crippen molar-refractivity contribution in [3.8, 4) is 17.1 Å². The molecule has 0 bridgehead atoms. The van der Waals surface area contributed by atoms with Crippen LogP contribution in [0.5, 0.6) is 5.88 Å². The van der Waals surface area contributed by atoms with E-state index >= 15 is 0 Å². The van der Waals surface area contributed by atoms with E-state index in [0.29, 0.717) is 28.1 Å². The number of halogens is 1. The number of methoxy groups -OCH3 is 1. The monoisotopic (exact) mass is 496 g/mol. The average Bonchev–Trinajstić information content (AvgIpc) is 3.43. The number of hydrogen-bond acceptors (Lipinski definition) is 6. The summed E-state index contributed by atoms with van der Waals surface area (Å²) >= 11 is 0. The maximum absolute atomic E-state index is 14.7. The van der Waals surface area contributed by atoms with Gasteiger partial charge in [0.1, 0.15) is 16.8 Å². The lowest BCUT2D eigenvalue weighted by Gasteiger charge is -2.34. The molecule has 0 fully saturated rings. The minimum Gasteiger partial charge on any atom is -0.465 e. The smallest absolute Gasteiger partial charge is 0.340 e. The number of para-hydroxylation sites is 1. The summed E-state index contributed by atoms with van der Waals surface area (Å²) in [6.45, 7) is 0.0679. The molecule has 184 valence electrons. The molecule has 37 heavy (non-hydrogen) atoms. The highest BCUT2D eigenvalue weighted by molar-refractivity contribution is 6.19. The van der Waals surface area contributed by atoms with Gasteiger partial charge in [0.15, 0.2) is 0 Å². The number of carbonyl (C=O) groups is 2. The summed E-state index contributed by atoms with van der Waals surface area (Å²) in [5, 5.41) is 7.29. The average molecular weight is 496 g/mol. The Hall–Kier alpha value is -4.92. The predicted octanol–water partition coefficient (Wildman–Crippen LogP) is 3.78. The van der Waals surface area contributed by atoms with Gasteiger partial charge in [0.25, 0.3) is 0 Å². The van der Waals surface area contributed by atoms with Crippen LogP contribution in [0.25, 0.3) is 11.3 Å². The van der Waals surface area contributed by atoms with Gasteiger partial charge in [-0.2, -0.15) is 0 Å². The van der Waals surface area contributed by atoms with Gasteiger partial charge in [0.2, 0.25) is 17.7 Å². The van der Waals surface area contributed by atoms with Crippen LogP contribution in [0.2, 0.25) is 0 Å². The topological polar surface area (TPSA) is 111 Å². The molecule has 1 spiro atoms. The van der Waals surface area contributed by atoms with Gasteiger partial charge in [-0.3, -0.25) is 9.89 Å². The second-order valence-electron chi connectivity index (χ2n) is 8.77. The number of H-pyrrole nitrogens is 1. The van der Waals surface area contributed by atoms with E-state index in [0.717, 1.165) is 5.56 Å². The predicted molar refractivity (Wildman–Crippen MR) is 133 cm³/mol. The number of esters is 1. The van der Waals surface area contributed by atoms with E-state index in [-0.39, 0.29) is 23.9 Å². The van der Waals surface area contributed by atoms with Crippen molar-refractivity contribution in [2.24, 2.45) is 5.73 Å². The molecule has 2 aliphatic rings. The van der Waals surface area contributed by atoms with Crippen molar-refractivity contribution < 1.29 is 23.5 Å². The first-order chi connectivity index (χ1) is 18.0. The zero-order valence-electron chi connectivity index (χ0n) is 19.7. The third-order valence-electron chi connectivity index (χ3n) is 6.78. The number of hydrogen-bond donors (Lipinski definition) is 2. The Bertz CT molecular complexity index is 1600. The van der Waals surface area contributed by atoms with E-state index in [4.69, 9.17) is 15.2 Å². The molecule has 3 aromatic carbocycles. The Labute approximate surface area is 211 Å². The van der Waals surface area contributed by atoms with E-state index in [1.165, 1.54) is 24.1 Å². The highest BCUT2D eigenvalue weighted by Gasteiger charge is 2.62. The molecule has 6 rings (SSSR count). The molecule has 8 nitrogen and oxygen atoms in total. The number of anilines is 1. The normalized spacial score (nSPS) is 18.0. The molecule has 4 aromatic rings. The Balaban J connectivity index is 1.66. The number of benzene rings is 3. The molecule has 3 N–H and O–H groups in total. The molecule has 2 aliphatic heterocycles. The number of carbonyl (C=O) groups excluding carboxylic acids is 2. The van der Waals surface area contributed by atoms with Crippen molar-refractivity contribution in [2.75, 3.05) is 12.0 Å². The van der Waals surface area contributed by atoms with Crippen LogP contribution in [0.4, 0.5) is 10.1 Å². The third kappa shape index (κ3) is 3.17. The van der Waals surface area contributed by atoms with Crippen LogP contribution in [0.3, 0.4) is 0 Å². The first kappa shape index (κ1) is 22.5. The van der Waals surface area contributed by atoms with Gasteiger partial charge >= 0.3 is 5.97 Å². The Morgan fingerprint density at radius 1 is 1.11 bits per heavy atom. The van der Waals surface area contributed by atoms with E-state index in [1.54, 1.807) is 36.4 Å². The van der Waals surface area contributed by atoms with Crippen LogP contribution in [-0.2, 0) is 26.3 Å². The lowest BCUT2D eigenvalue weighted by molar-refractivity contribution is -0.138. The molecule has 0 unspecified atom stereocenters. The summed E-state index contributed by atoms with van der Waals surface area (Å²) in [6, 6.07) is 22.4. The zero-order chi connectivity index (χ0) is 25.7. The minimum absolute atomic E-state index is 0.0679. The molecule has 0 aliphatic carbocycles. The van der Waals surface area contributed by atoms with Gasteiger partial charge in [0, 0.05) is 16.8 Å².